The number of aryl methyl sites for hydroxylation is 1. The third kappa shape index (κ3) is 2.79. The molecule has 1 saturated heterocycles. The minimum Gasteiger partial charge on any atom is -0.488 e. The van der Waals surface area contributed by atoms with Gasteiger partial charge in [0.2, 0.25) is 0 Å². The zero-order valence-electron chi connectivity index (χ0n) is 11.6. The number of benzene rings is 1. The second-order valence-corrected chi connectivity index (χ2v) is 6.02. The van der Waals surface area contributed by atoms with Crippen LogP contribution in [0.15, 0.2) is 18.2 Å². The molecule has 0 amide bonds. The van der Waals surface area contributed by atoms with E-state index < -0.39 is 5.79 Å². The van der Waals surface area contributed by atoms with Crippen molar-refractivity contribution in [2.75, 3.05) is 13.2 Å². The number of ether oxygens (including phenoxy) is 3. The van der Waals surface area contributed by atoms with Gasteiger partial charge < -0.3 is 19.9 Å². The SMILES string of the molecule is Cc1ccc(Cl)cc1OC1CC2(CCC1N)OCCO2. The maximum absolute atomic E-state index is 6.20. The summed E-state index contributed by atoms with van der Waals surface area (Å²) < 4.78 is 17.6. The highest BCUT2D eigenvalue weighted by molar-refractivity contribution is 6.30. The van der Waals surface area contributed by atoms with Crippen molar-refractivity contribution in [3.8, 4) is 5.75 Å². The minimum atomic E-state index is -0.493. The van der Waals surface area contributed by atoms with Gasteiger partial charge in [0.1, 0.15) is 11.9 Å². The van der Waals surface area contributed by atoms with Crippen LogP contribution in [0.3, 0.4) is 0 Å². The molecular formula is C15H20ClNO3. The van der Waals surface area contributed by atoms with E-state index in [-0.39, 0.29) is 12.1 Å². The van der Waals surface area contributed by atoms with Crippen LogP contribution in [0.5, 0.6) is 5.75 Å². The first-order valence-corrected chi connectivity index (χ1v) is 7.42. The van der Waals surface area contributed by atoms with Gasteiger partial charge in [-0.3, -0.25) is 0 Å². The molecule has 3 rings (SSSR count). The predicted molar refractivity (Wildman–Crippen MR) is 77.1 cm³/mol. The lowest BCUT2D eigenvalue weighted by atomic mass is 9.88. The molecular weight excluding hydrogens is 278 g/mol. The largest absolute Gasteiger partial charge is 0.488 e. The summed E-state index contributed by atoms with van der Waals surface area (Å²) in [7, 11) is 0. The Morgan fingerprint density at radius 1 is 1.35 bits per heavy atom. The molecule has 1 heterocycles. The molecule has 1 aromatic rings. The van der Waals surface area contributed by atoms with Gasteiger partial charge in [0.15, 0.2) is 5.79 Å². The summed E-state index contributed by atoms with van der Waals surface area (Å²) in [6.45, 7) is 3.30. The molecule has 2 N–H and O–H groups in total. The third-order valence-corrected chi connectivity index (χ3v) is 4.33. The number of hydrogen-bond donors (Lipinski definition) is 1. The third-order valence-electron chi connectivity index (χ3n) is 4.09. The summed E-state index contributed by atoms with van der Waals surface area (Å²) in [5.74, 6) is 0.292. The lowest BCUT2D eigenvalue weighted by molar-refractivity contribution is -0.195. The van der Waals surface area contributed by atoms with E-state index >= 15 is 0 Å². The Labute approximate surface area is 124 Å². The van der Waals surface area contributed by atoms with Crippen molar-refractivity contribution < 1.29 is 14.2 Å². The Morgan fingerprint density at radius 2 is 2.10 bits per heavy atom. The summed E-state index contributed by atoms with van der Waals surface area (Å²) in [5.41, 5.74) is 7.25. The lowest BCUT2D eigenvalue weighted by Gasteiger charge is -2.39. The summed E-state index contributed by atoms with van der Waals surface area (Å²) >= 11 is 6.03. The molecule has 0 radical (unpaired) electrons. The second kappa shape index (κ2) is 5.53. The first-order chi connectivity index (χ1) is 9.58. The van der Waals surface area contributed by atoms with Crippen LogP contribution in [0.25, 0.3) is 0 Å². The fourth-order valence-corrected chi connectivity index (χ4v) is 3.05. The van der Waals surface area contributed by atoms with E-state index in [1.165, 1.54) is 0 Å². The van der Waals surface area contributed by atoms with Gasteiger partial charge in [0.25, 0.3) is 0 Å². The molecule has 2 unspecified atom stereocenters. The minimum absolute atomic E-state index is 0.00759. The quantitative estimate of drug-likeness (QED) is 0.912. The van der Waals surface area contributed by atoms with E-state index in [1.807, 2.05) is 25.1 Å². The van der Waals surface area contributed by atoms with Crippen LogP contribution in [0.2, 0.25) is 5.02 Å². The number of hydrogen-bond acceptors (Lipinski definition) is 4. The van der Waals surface area contributed by atoms with Crippen molar-refractivity contribution in [3.63, 3.8) is 0 Å². The average Bonchev–Trinajstić information content (AvgIpc) is 2.87. The Hall–Kier alpha value is -0.810. The molecule has 1 saturated carbocycles. The monoisotopic (exact) mass is 297 g/mol. The van der Waals surface area contributed by atoms with Crippen LogP contribution in [0.1, 0.15) is 24.8 Å². The van der Waals surface area contributed by atoms with Gasteiger partial charge in [0.05, 0.1) is 13.2 Å². The highest BCUT2D eigenvalue weighted by Crippen LogP contribution is 2.37. The van der Waals surface area contributed by atoms with Crippen molar-refractivity contribution in [2.45, 2.75) is 44.1 Å². The van der Waals surface area contributed by atoms with Crippen LogP contribution in [-0.4, -0.2) is 31.1 Å². The van der Waals surface area contributed by atoms with Crippen molar-refractivity contribution in [3.05, 3.63) is 28.8 Å². The van der Waals surface area contributed by atoms with Crippen molar-refractivity contribution >= 4 is 11.6 Å². The fraction of sp³-hybridized carbons (Fsp3) is 0.600. The van der Waals surface area contributed by atoms with Crippen LogP contribution < -0.4 is 10.5 Å². The number of halogens is 1. The average molecular weight is 298 g/mol. The standard InChI is InChI=1S/C15H20ClNO3/c1-10-2-3-11(16)8-13(10)20-14-9-15(5-4-12(14)17)18-6-7-19-15/h2-3,8,12,14H,4-7,9,17H2,1H3. The molecule has 2 atom stereocenters. The zero-order chi connectivity index (χ0) is 14.2. The Morgan fingerprint density at radius 3 is 2.85 bits per heavy atom. The number of rotatable bonds is 2. The van der Waals surface area contributed by atoms with Gasteiger partial charge >= 0.3 is 0 Å². The Bertz CT molecular complexity index is 488. The molecule has 0 aromatic heterocycles. The smallest absolute Gasteiger partial charge is 0.172 e. The number of nitrogens with two attached hydrogens (primary N) is 1. The molecule has 2 aliphatic rings. The summed E-state index contributed by atoms with van der Waals surface area (Å²) in [5, 5.41) is 0.665. The van der Waals surface area contributed by atoms with E-state index in [0.717, 1.165) is 24.2 Å². The van der Waals surface area contributed by atoms with Crippen LogP contribution in [0.4, 0.5) is 0 Å². The van der Waals surface area contributed by atoms with E-state index in [0.29, 0.717) is 24.7 Å². The zero-order valence-corrected chi connectivity index (χ0v) is 12.4. The highest BCUT2D eigenvalue weighted by atomic mass is 35.5. The van der Waals surface area contributed by atoms with Gasteiger partial charge in [-0.2, -0.15) is 0 Å². The van der Waals surface area contributed by atoms with Crippen LogP contribution in [-0.2, 0) is 9.47 Å². The molecule has 2 fully saturated rings. The molecule has 4 nitrogen and oxygen atoms in total. The Kier molecular flexibility index (Phi) is 3.91. The molecule has 110 valence electrons. The van der Waals surface area contributed by atoms with Crippen molar-refractivity contribution in [2.24, 2.45) is 5.73 Å². The molecule has 1 spiro atoms. The molecule has 20 heavy (non-hydrogen) atoms. The maximum atomic E-state index is 6.20. The van der Waals surface area contributed by atoms with E-state index in [2.05, 4.69) is 0 Å². The summed E-state index contributed by atoms with van der Waals surface area (Å²) in [6, 6.07) is 5.63. The fourth-order valence-electron chi connectivity index (χ4n) is 2.88. The molecule has 5 heteroatoms. The van der Waals surface area contributed by atoms with Gasteiger partial charge in [0, 0.05) is 23.9 Å². The van der Waals surface area contributed by atoms with Crippen molar-refractivity contribution in [1.29, 1.82) is 0 Å². The van der Waals surface area contributed by atoms with E-state index in [9.17, 15) is 0 Å². The predicted octanol–water partition coefficient (Wildman–Crippen LogP) is 2.65. The van der Waals surface area contributed by atoms with Gasteiger partial charge in [-0.05, 0) is 31.0 Å². The van der Waals surface area contributed by atoms with Gasteiger partial charge in [-0.15, -0.1) is 0 Å². The van der Waals surface area contributed by atoms with Crippen LogP contribution >= 0.6 is 11.6 Å². The first kappa shape index (κ1) is 14.1. The normalized spacial score (nSPS) is 28.8. The topological polar surface area (TPSA) is 53.7 Å². The van der Waals surface area contributed by atoms with Crippen LogP contribution in [0, 0.1) is 6.92 Å². The van der Waals surface area contributed by atoms with E-state index in [4.69, 9.17) is 31.5 Å². The highest BCUT2D eigenvalue weighted by Gasteiger charge is 2.45. The first-order valence-electron chi connectivity index (χ1n) is 7.04. The molecule has 0 bridgehead atoms. The molecule has 1 aliphatic heterocycles. The maximum Gasteiger partial charge on any atom is 0.172 e. The van der Waals surface area contributed by atoms with Gasteiger partial charge in [-0.1, -0.05) is 17.7 Å². The summed E-state index contributed by atoms with van der Waals surface area (Å²) in [6.07, 6.45) is 2.23. The molecule has 1 aliphatic carbocycles. The van der Waals surface area contributed by atoms with Crippen molar-refractivity contribution in [1.82, 2.24) is 0 Å². The summed E-state index contributed by atoms with van der Waals surface area (Å²) in [4.78, 5) is 0. The lowest BCUT2D eigenvalue weighted by Crippen LogP contribution is -2.51. The molecule has 1 aromatic carbocycles. The van der Waals surface area contributed by atoms with E-state index in [1.54, 1.807) is 0 Å². The van der Waals surface area contributed by atoms with Gasteiger partial charge in [-0.25, -0.2) is 0 Å². The Balaban J connectivity index is 1.76. The second-order valence-electron chi connectivity index (χ2n) is 5.58.